The van der Waals surface area contributed by atoms with Crippen LogP contribution in [0.2, 0.25) is 5.02 Å². The van der Waals surface area contributed by atoms with Gasteiger partial charge in [-0.1, -0.05) is 11.6 Å². The molecule has 0 unspecified atom stereocenters. The summed E-state index contributed by atoms with van der Waals surface area (Å²) in [5.41, 5.74) is 6.27. The van der Waals surface area contributed by atoms with Crippen molar-refractivity contribution in [1.82, 2.24) is 4.98 Å². The number of aromatic nitrogens is 1. The minimum absolute atomic E-state index is 0.161. The zero-order valence-electron chi connectivity index (χ0n) is 9.98. The fraction of sp³-hybridized carbons (Fsp3) is 0.0769. The largest absolute Gasteiger partial charge is 0.436 e. The van der Waals surface area contributed by atoms with E-state index in [9.17, 15) is 9.18 Å². The Kier molecular flexibility index (Phi) is 3.66. The summed E-state index contributed by atoms with van der Waals surface area (Å²) in [6.07, 6.45) is 1.25. The Bertz CT molecular complexity index is 647. The summed E-state index contributed by atoms with van der Waals surface area (Å²) >= 11 is 5.59. The number of benzene rings is 1. The molecule has 2 rings (SSSR count). The molecule has 0 aliphatic carbocycles. The van der Waals surface area contributed by atoms with E-state index in [1.165, 1.54) is 25.3 Å². The number of hydrogen-bond acceptors (Lipinski definition) is 4. The lowest BCUT2D eigenvalue weighted by Gasteiger charge is -2.09. The first kappa shape index (κ1) is 13.3. The molecule has 0 radical (unpaired) electrons. The summed E-state index contributed by atoms with van der Waals surface area (Å²) in [4.78, 5) is 15.2. The van der Waals surface area contributed by atoms with Crippen LogP contribution in [-0.2, 0) is 0 Å². The second-order valence-corrected chi connectivity index (χ2v) is 4.29. The van der Waals surface area contributed by atoms with Crippen molar-refractivity contribution in [3.8, 4) is 11.6 Å². The van der Waals surface area contributed by atoms with Crippen LogP contribution in [0.25, 0.3) is 0 Å². The number of ether oxygens (including phenoxy) is 1. The second-order valence-electron chi connectivity index (χ2n) is 3.85. The molecule has 1 heterocycles. The van der Waals surface area contributed by atoms with Gasteiger partial charge in [0.2, 0.25) is 0 Å². The van der Waals surface area contributed by atoms with Gasteiger partial charge < -0.3 is 10.5 Å². The van der Waals surface area contributed by atoms with Gasteiger partial charge in [-0.05, 0) is 31.2 Å². The highest BCUT2D eigenvalue weighted by Crippen LogP contribution is 2.28. The molecular weight excluding hydrogens is 271 g/mol. The summed E-state index contributed by atoms with van der Waals surface area (Å²) in [5.74, 6) is -1.01. The number of carbonyl (C=O) groups excluding carboxylic acids is 1. The van der Waals surface area contributed by atoms with Crippen molar-refractivity contribution in [2.45, 2.75) is 6.92 Å². The Morgan fingerprint density at radius 3 is 2.79 bits per heavy atom. The number of carbonyl (C=O) groups is 1. The summed E-state index contributed by atoms with van der Waals surface area (Å²) < 4.78 is 18.9. The van der Waals surface area contributed by atoms with Gasteiger partial charge in [-0.3, -0.25) is 4.79 Å². The van der Waals surface area contributed by atoms with Gasteiger partial charge in [-0.15, -0.1) is 0 Å². The molecule has 2 N–H and O–H groups in total. The normalized spacial score (nSPS) is 10.3. The molecule has 0 fully saturated rings. The number of hydrogen-bond donors (Lipinski definition) is 1. The zero-order chi connectivity index (χ0) is 14.0. The Balaban J connectivity index is 2.40. The van der Waals surface area contributed by atoms with E-state index in [4.69, 9.17) is 22.1 Å². The number of nitrogens with two attached hydrogens (primary N) is 1. The molecule has 6 heteroatoms. The molecule has 98 valence electrons. The first-order valence-corrected chi connectivity index (χ1v) is 5.74. The van der Waals surface area contributed by atoms with E-state index in [1.807, 2.05) is 0 Å². The highest BCUT2D eigenvalue weighted by atomic mass is 35.5. The smallest absolute Gasteiger partial charge is 0.255 e. The standard InChI is InChI=1S/C13H10ClFN2O2/c1-7(18)10-5-9(16)2-3-12(10)19-13-11(15)4-8(14)6-17-13/h2-6H,16H2,1H3. The molecule has 0 saturated carbocycles. The molecule has 0 aliphatic rings. The monoisotopic (exact) mass is 280 g/mol. The van der Waals surface area contributed by atoms with Crippen LogP contribution >= 0.6 is 11.6 Å². The Morgan fingerprint density at radius 1 is 1.42 bits per heavy atom. The lowest BCUT2D eigenvalue weighted by molar-refractivity contribution is 0.101. The van der Waals surface area contributed by atoms with E-state index in [-0.39, 0.29) is 28.0 Å². The van der Waals surface area contributed by atoms with Gasteiger partial charge >= 0.3 is 0 Å². The maximum atomic E-state index is 13.6. The maximum absolute atomic E-state index is 13.6. The first-order chi connectivity index (χ1) is 8.97. The van der Waals surface area contributed by atoms with E-state index in [1.54, 1.807) is 6.07 Å². The average molecular weight is 281 g/mol. The van der Waals surface area contributed by atoms with Crippen LogP contribution in [0.15, 0.2) is 30.5 Å². The number of halogens is 2. The molecule has 4 nitrogen and oxygen atoms in total. The number of rotatable bonds is 3. The van der Waals surface area contributed by atoms with Crippen LogP contribution in [0.5, 0.6) is 11.6 Å². The van der Waals surface area contributed by atoms with Gasteiger partial charge in [-0.2, -0.15) is 0 Å². The van der Waals surface area contributed by atoms with Crippen molar-refractivity contribution < 1.29 is 13.9 Å². The third-order valence-electron chi connectivity index (χ3n) is 2.36. The third-order valence-corrected chi connectivity index (χ3v) is 2.57. The summed E-state index contributed by atoms with van der Waals surface area (Å²) in [7, 11) is 0. The lowest BCUT2D eigenvalue weighted by Crippen LogP contribution is -2.00. The van der Waals surface area contributed by atoms with E-state index in [0.717, 1.165) is 6.07 Å². The van der Waals surface area contributed by atoms with E-state index >= 15 is 0 Å². The summed E-state index contributed by atoms with van der Waals surface area (Å²) in [6.45, 7) is 1.37. The van der Waals surface area contributed by atoms with E-state index < -0.39 is 5.82 Å². The molecule has 0 saturated heterocycles. The fourth-order valence-electron chi connectivity index (χ4n) is 1.49. The van der Waals surface area contributed by atoms with Gasteiger partial charge in [0.25, 0.3) is 5.88 Å². The van der Waals surface area contributed by atoms with Crippen LogP contribution < -0.4 is 10.5 Å². The Hall–Kier alpha value is -2.14. The summed E-state index contributed by atoms with van der Waals surface area (Å²) in [6, 6.07) is 5.58. The van der Waals surface area contributed by atoms with Crippen LogP contribution in [0.1, 0.15) is 17.3 Å². The minimum Gasteiger partial charge on any atom is -0.436 e. The van der Waals surface area contributed by atoms with Crippen molar-refractivity contribution in [3.05, 3.63) is 46.9 Å². The molecular formula is C13H10ClFN2O2. The number of anilines is 1. The van der Waals surface area contributed by atoms with Crippen molar-refractivity contribution >= 4 is 23.1 Å². The SMILES string of the molecule is CC(=O)c1cc(N)ccc1Oc1ncc(Cl)cc1F. The zero-order valence-corrected chi connectivity index (χ0v) is 10.7. The molecule has 0 amide bonds. The molecule has 0 bridgehead atoms. The molecule has 0 spiro atoms. The van der Waals surface area contributed by atoms with Crippen molar-refractivity contribution in [1.29, 1.82) is 0 Å². The fourth-order valence-corrected chi connectivity index (χ4v) is 1.64. The summed E-state index contributed by atoms with van der Waals surface area (Å²) in [5, 5.41) is 0.161. The molecule has 0 atom stereocenters. The predicted octanol–water partition coefficient (Wildman–Crippen LogP) is 3.45. The number of Topliss-reactive ketones (excluding diaryl/α,β-unsaturated/α-hetero) is 1. The maximum Gasteiger partial charge on any atom is 0.255 e. The van der Waals surface area contributed by atoms with Gasteiger partial charge in [0, 0.05) is 11.9 Å². The molecule has 1 aromatic heterocycles. The second kappa shape index (κ2) is 5.24. The van der Waals surface area contributed by atoms with Gasteiger partial charge in [-0.25, -0.2) is 9.37 Å². The van der Waals surface area contributed by atoms with Gasteiger partial charge in [0.05, 0.1) is 10.6 Å². The van der Waals surface area contributed by atoms with Crippen molar-refractivity contribution in [2.75, 3.05) is 5.73 Å². The van der Waals surface area contributed by atoms with E-state index in [2.05, 4.69) is 4.98 Å². The molecule has 2 aromatic rings. The minimum atomic E-state index is -0.709. The Labute approximate surface area is 114 Å². The van der Waals surface area contributed by atoms with Crippen molar-refractivity contribution in [3.63, 3.8) is 0 Å². The van der Waals surface area contributed by atoms with Crippen LogP contribution in [0.3, 0.4) is 0 Å². The average Bonchev–Trinajstić information content (AvgIpc) is 2.34. The van der Waals surface area contributed by atoms with Gasteiger partial charge in [0.15, 0.2) is 11.6 Å². The van der Waals surface area contributed by atoms with Crippen molar-refractivity contribution in [2.24, 2.45) is 0 Å². The quantitative estimate of drug-likeness (QED) is 0.691. The predicted molar refractivity (Wildman–Crippen MR) is 70.1 cm³/mol. The highest BCUT2D eigenvalue weighted by Gasteiger charge is 2.13. The topological polar surface area (TPSA) is 65.2 Å². The van der Waals surface area contributed by atoms with Gasteiger partial charge in [0.1, 0.15) is 5.75 Å². The van der Waals surface area contributed by atoms with Crippen LogP contribution in [-0.4, -0.2) is 10.8 Å². The van der Waals surface area contributed by atoms with Crippen LogP contribution in [0.4, 0.5) is 10.1 Å². The number of nitrogen functional groups attached to an aromatic ring is 1. The molecule has 0 aliphatic heterocycles. The molecule has 19 heavy (non-hydrogen) atoms. The number of ketones is 1. The van der Waals surface area contributed by atoms with Crippen LogP contribution in [0, 0.1) is 5.82 Å². The number of nitrogens with zero attached hydrogens (tertiary/aromatic N) is 1. The first-order valence-electron chi connectivity index (χ1n) is 5.36. The Morgan fingerprint density at radius 2 is 2.16 bits per heavy atom. The highest BCUT2D eigenvalue weighted by molar-refractivity contribution is 6.30. The molecule has 1 aromatic carbocycles. The number of pyridine rings is 1. The van der Waals surface area contributed by atoms with E-state index in [0.29, 0.717) is 5.69 Å². The third kappa shape index (κ3) is 3.00. The lowest BCUT2D eigenvalue weighted by atomic mass is 10.1.